The number of allylic oxidation sites excluding steroid dienone is 7. The predicted octanol–water partition coefficient (Wildman–Crippen LogP) is 25.1. The minimum atomic E-state index is -4.61. The molecule has 0 spiro atoms. The van der Waals surface area contributed by atoms with Crippen LogP contribution < -0.4 is 10.2 Å². The summed E-state index contributed by atoms with van der Waals surface area (Å²) in [6, 6.07) is -0.904. The highest BCUT2D eigenvalue weighted by Gasteiger charge is 2.23. The van der Waals surface area contributed by atoms with Crippen molar-refractivity contribution in [3.63, 3.8) is 0 Å². The summed E-state index contributed by atoms with van der Waals surface area (Å²) in [6.07, 6.45) is 97.2. The summed E-state index contributed by atoms with van der Waals surface area (Å²) in [5.41, 5.74) is 0. The van der Waals surface area contributed by atoms with E-state index in [9.17, 15) is 19.4 Å². The van der Waals surface area contributed by atoms with E-state index < -0.39 is 20.0 Å². The average molecular weight is 1270 g/mol. The van der Waals surface area contributed by atoms with Gasteiger partial charge in [-0.1, -0.05) is 383 Å². The maximum atomic E-state index is 13.1. The van der Waals surface area contributed by atoms with E-state index in [0.717, 1.165) is 44.9 Å². The van der Waals surface area contributed by atoms with Gasteiger partial charge >= 0.3 is 0 Å². The van der Waals surface area contributed by atoms with E-state index in [4.69, 9.17) is 9.05 Å². The molecule has 0 fully saturated rings. The van der Waals surface area contributed by atoms with Gasteiger partial charge in [-0.25, -0.2) is 0 Å². The van der Waals surface area contributed by atoms with Crippen molar-refractivity contribution in [2.45, 2.75) is 418 Å². The number of nitrogens with zero attached hydrogens (tertiary/aromatic N) is 1. The zero-order chi connectivity index (χ0) is 64.8. The number of amides is 1. The largest absolute Gasteiger partial charge is 0.756 e. The second-order valence-electron chi connectivity index (χ2n) is 28.4. The van der Waals surface area contributed by atoms with Crippen LogP contribution in [0.5, 0.6) is 0 Å². The number of phosphoric acid groups is 1. The maximum absolute atomic E-state index is 13.1. The van der Waals surface area contributed by atoms with E-state index in [1.54, 1.807) is 6.08 Å². The van der Waals surface area contributed by atoms with Crippen molar-refractivity contribution in [3.05, 3.63) is 48.6 Å². The van der Waals surface area contributed by atoms with Crippen LogP contribution in [0.25, 0.3) is 0 Å². The molecule has 0 radical (unpaired) electrons. The molecule has 526 valence electrons. The lowest BCUT2D eigenvalue weighted by Crippen LogP contribution is -2.45. The van der Waals surface area contributed by atoms with Crippen molar-refractivity contribution < 1.29 is 32.9 Å². The van der Waals surface area contributed by atoms with Gasteiger partial charge in [0.25, 0.3) is 7.82 Å². The smallest absolute Gasteiger partial charge is 0.268 e. The number of likely N-dealkylation sites (N-methyl/N-ethyl adjacent to an activating group) is 1. The van der Waals surface area contributed by atoms with E-state index >= 15 is 0 Å². The van der Waals surface area contributed by atoms with E-state index in [2.05, 4.69) is 55.6 Å². The van der Waals surface area contributed by atoms with Crippen LogP contribution in [0, 0.1) is 0 Å². The van der Waals surface area contributed by atoms with Crippen LogP contribution in [0.1, 0.15) is 406 Å². The van der Waals surface area contributed by atoms with Gasteiger partial charge in [-0.3, -0.25) is 9.36 Å². The third kappa shape index (κ3) is 73.7. The topological polar surface area (TPSA) is 108 Å². The first-order chi connectivity index (χ1) is 43.5. The number of hydrogen-bond acceptors (Lipinski definition) is 6. The van der Waals surface area contributed by atoms with Crippen molar-refractivity contribution in [3.8, 4) is 0 Å². The number of quaternary nitrogens is 1. The Kier molecular flexibility index (Phi) is 69.5. The number of nitrogens with one attached hydrogen (secondary N) is 1. The van der Waals surface area contributed by atoms with Crippen LogP contribution in [0.2, 0.25) is 0 Å². The maximum Gasteiger partial charge on any atom is 0.268 e. The van der Waals surface area contributed by atoms with E-state index in [1.807, 2.05) is 27.2 Å². The first-order valence-corrected chi connectivity index (χ1v) is 41.0. The second kappa shape index (κ2) is 70.8. The molecule has 0 saturated carbocycles. The number of rotatable bonds is 74. The summed E-state index contributed by atoms with van der Waals surface area (Å²) < 4.78 is 23.5. The number of aliphatic hydroxyl groups excluding tert-OH is 1. The van der Waals surface area contributed by atoms with Crippen LogP contribution >= 0.6 is 7.82 Å². The van der Waals surface area contributed by atoms with E-state index in [1.165, 1.54) is 340 Å². The number of carbonyl (C=O) groups excluding carboxylic acids is 1. The first-order valence-electron chi connectivity index (χ1n) is 39.5. The molecular weight excluding hydrogens is 1120 g/mol. The molecule has 0 aromatic heterocycles. The fraction of sp³-hybridized carbons (Fsp3) is 0.887. The molecule has 3 atom stereocenters. The summed E-state index contributed by atoms with van der Waals surface area (Å²) >= 11 is 0. The second-order valence-corrected chi connectivity index (χ2v) is 29.8. The molecule has 0 heterocycles. The Labute approximate surface area is 556 Å². The van der Waals surface area contributed by atoms with Gasteiger partial charge in [-0.15, -0.1) is 0 Å². The van der Waals surface area contributed by atoms with Crippen LogP contribution in [0.15, 0.2) is 48.6 Å². The molecule has 0 aliphatic heterocycles. The number of hydrogen-bond donors (Lipinski definition) is 2. The zero-order valence-corrected chi connectivity index (χ0v) is 61.3. The Bertz CT molecular complexity index is 1590. The lowest BCUT2D eigenvalue weighted by Gasteiger charge is -2.29. The third-order valence-corrected chi connectivity index (χ3v) is 19.2. The molecule has 8 nitrogen and oxygen atoms in total. The summed E-state index contributed by atoms with van der Waals surface area (Å²) in [5, 5.41) is 14.0. The Morgan fingerprint density at radius 3 is 0.978 bits per heavy atom. The molecule has 0 saturated heterocycles. The lowest BCUT2D eigenvalue weighted by atomic mass is 10.0. The van der Waals surface area contributed by atoms with Gasteiger partial charge in [0.2, 0.25) is 5.91 Å². The van der Waals surface area contributed by atoms with Crippen LogP contribution in [0.4, 0.5) is 0 Å². The third-order valence-electron chi connectivity index (χ3n) is 18.3. The zero-order valence-electron chi connectivity index (χ0n) is 60.4. The summed E-state index contributed by atoms with van der Waals surface area (Å²) in [7, 11) is 1.26. The number of phosphoric ester groups is 1. The number of unbranched alkanes of at least 4 members (excludes halogenated alkanes) is 55. The van der Waals surface area contributed by atoms with Crippen molar-refractivity contribution in [2.24, 2.45) is 0 Å². The monoisotopic (exact) mass is 1270 g/mol. The fourth-order valence-electron chi connectivity index (χ4n) is 12.1. The van der Waals surface area contributed by atoms with Crippen LogP contribution in [-0.4, -0.2) is 68.5 Å². The van der Waals surface area contributed by atoms with Gasteiger partial charge < -0.3 is 28.8 Å². The minimum absolute atomic E-state index is 0.00444. The van der Waals surface area contributed by atoms with E-state index in [0.29, 0.717) is 17.4 Å². The molecule has 0 aliphatic carbocycles. The summed E-state index contributed by atoms with van der Waals surface area (Å²) in [4.78, 5) is 25.7. The lowest BCUT2D eigenvalue weighted by molar-refractivity contribution is -0.870. The molecule has 89 heavy (non-hydrogen) atoms. The van der Waals surface area contributed by atoms with Gasteiger partial charge in [0.15, 0.2) is 0 Å². The van der Waals surface area contributed by atoms with Gasteiger partial charge in [0.1, 0.15) is 13.2 Å². The molecule has 0 rings (SSSR count). The normalized spacial score (nSPS) is 13.7. The van der Waals surface area contributed by atoms with Crippen LogP contribution in [-0.2, 0) is 18.4 Å². The highest BCUT2D eigenvalue weighted by Crippen LogP contribution is 2.38. The fourth-order valence-corrected chi connectivity index (χ4v) is 12.9. The highest BCUT2D eigenvalue weighted by atomic mass is 31.2. The Hall–Kier alpha value is -1.54. The first kappa shape index (κ1) is 87.5. The number of aliphatic hydroxyl groups is 1. The quantitative estimate of drug-likeness (QED) is 0.0272. The molecule has 0 aromatic carbocycles. The molecule has 0 bridgehead atoms. The van der Waals surface area contributed by atoms with Gasteiger partial charge in [0, 0.05) is 6.42 Å². The number of carbonyl (C=O) groups is 1. The van der Waals surface area contributed by atoms with Gasteiger partial charge in [0.05, 0.1) is 39.9 Å². The Morgan fingerprint density at radius 1 is 0.393 bits per heavy atom. The predicted molar refractivity (Wildman–Crippen MR) is 390 cm³/mol. The minimum Gasteiger partial charge on any atom is -0.756 e. The molecule has 0 aromatic rings. The van der Waals surface area contributed by atoms with Gasteiger partial charge in [-0.05, 0) is 64.2 Å². The summed E-state index contributed by atoms with van der Waals surface area (Å²) in [6.45, 7) is 4.68. The molecule has 3 unspecified atom stereocenters. The molecule has 2 N–H and O–H groups in total. The Morgan fingerprint density at radius 2 is 0.663 bits per heavy atom. The van der Waals surface area contributed by atoms with Crippen molar-refractivity contribution >= 4 is 13.7 Å². The Balaban J connectivity index is 3.93. The van der Waals surface area contributed by atoms with Crippen molar-refractivity contribution in [1.29, 1.82) is 0 Å². The van der Waals surface area contributed by atoms with Gasteiger partial charge in [-0.2, -0.15) is 0 Å². The summed E-state index contributed by atoms with van der Waals surface area (Å²) in [5.74, 6) is -0.198. The van der Waals surface area contributed by atoms with E-state index in [-0.39, 0.29) is 19.1 Å². The average Bonchev–Trinajstić information content (AvgIpc) is 3.61. The molecular formula is C80H155N2O6P. The molecule has 1 amide bonds. The highest BCUT2D eigenvalue weighted by molar-refractivity contribution is 7.45. The molecule has 9 heteroatoms. The van der Waals surface area contributed by atoms with Crippen LogP contribution in [0.3, 0.4) is 0 Å². The van der Waals surface area contributed by atoms with Crippen molar-refractivity contribution in [2.75, 3.05) is 40.9 Å². The standard InChI is InChI=1S/C80H155N2O6P/c1-6-8-10-12-14-16-18-20-22-24-26-28-30-32-34-35-36-37-38-39-40-41-42-43-44-45-46-47-48-50-52-54-56-58-60-62-64-66-68-70-72-74-80(84)81-78(77-88-89(85,86)87-76-75-82(3,4)5)79(83)73-71-69-67-65-63-61-59-57-55-53-51-49-33-31-29-27-25-23-21-19-17-15-13-11-9-7-2/h18,20,24,26,63,65,71,73,78-79,83H,6-17,19,21-23,25,27-62,64,66-70,72,74-77H2,1-5H3,(H-,81,84,85,86)/b20-18-,26-24-,65-63+,73-71+. The van der Waals surface area contributed by atoms with Crippen molar-refractivity contribution in [1.82, 2.24) is 5.32 Å². The SMILES string of the molecule is CCCCCCC/C=C\C/C=C\CCCCCCCCCCCCCCCCCCCCCCCCCCCCCCCC(=O)NC(COP(=O)([O-])OCC[N+](C)(C)C)C(O)/C=C/CC/C=C/CCCCCCCCCCCCCCCCCCCCCC. The molecule has 0 aliphatic rings.